The highest BCUT2D eigenvalue weighted by molar-refractivity contribution is 7.22. The van der Waals surface area contributed by atoms with Crippen LogP contribution in [0.15, 0.2) is 134 Å². The van der Waals surface area contributed by atoms with E-state index in [4.69, 9.17) is 33.2 Å². The number of rotatable bonds is 21. The largest absolute Gasteiger partial charge is 0.490 e. The van der Waals surface area contributed by atoms with Crippen LogP contribution in [0.4, 0.5) is 5.13 Å². The lowest BCUT2D eigenvalue weighted by Gasteiger charge is -2.17. The minimum absolute atomic E-state index is 0.0418. The van der Waals surface area contributed by atoms with Gasteiger partial charge >= 0.3 is 29.8 Å². The Balaban J connectivity index is 1.22. The van der Waals surface area contributed by atoms with Crippen LogP contribution in [0.1, 0.15) is 31.8 Å². The number of esters is 5. The normalized spacial score (nSPS) is 11.1. The molecule has 15 nitrogen and oxygen atoms in total. The van der Waals surface area contributed by atoms with Crippen LogP contribution in [0.5, 0.6) is 17.2 Å². The minimum Gasteiger partial charge on any atom is -0.490 e. The van der Waals surface area contributed by atoms with Gasteiger partial charge in [0.15, 0.2) is 6.10 Å². The second kappa shape index (κ2) is 21.6. The Hall–Kier alpha value is -7.59. The number of para-hydroxylation sites is 1. The summed E-state index contributed by atoms with van der Waals surface area (Å²) in [5.41, 5.74) is 5.45. The van der Waals surface area contributed by atoms with Crippen LogP contribution in [0.3, 0.4) is 0 Å². The van der Waals surface area contributed by atoms with Crippen LogP contribution >= 0.6 is 11.3 Å². The minimum atomic E-state index is -0.935. The number of fused-ring (bicyclic) bond motifs is 1. The third kappa shape index (κ3) is 13.3. The molecule has 1 atom stereocenters. The molecular weight excluding hydrogens is 783 g/mol. The molecule has 0 amide bonds. The number of carbonyl (C=O) groups excluding carboxylic acids is 5. The lowest BCUT2D eigenvalue weighted by molar-refractivity contribution is -0.154. The molecule has 1 unspecified atom stereocenters. The fourth-order valence-electron chi connectivity index (χ4n) is 4.87. The maximum atomic E-state index is 13.3. The summed E-state index contributed by atoms with van der Waals surface area (Å²) < 4.78 is 38.2. The first-order valence-electron chi connectivity index (χ1n) is 17.7. The molecule has 302 valence electrons. The van der Waals surface area contributed by atoms with E-state index in [1.807, 2.05) is 24.3 Å². The van der Waals surface area contributed by atoms with Crippen molar-refractivity contribution in [1.82, 2.24) is 4.98 Å². The highest BCUT2D eigenvalue weighted by atomic mass is 32.1. The third-order valence-corrected chi connectivity index (χ3v) is 8.74. The molecule has 16 heteroatoms. The van der Waals surface area contributed by atoms with Gasteiger partial charge in [-0.25, -0.2) is 29.0 Å². The topological polar surface area (TPSA) is 187 Å². The summed E-state index contributed by atoms with van der Waals surface area (Å²) in [5.74, 6) is -2.34. The van der Waals surface area contributed by atoms with E-state index in [0.29, 0.717) is 34.2 Å². The van der Waals surface area contributed by atoms with E-state index in [1.165, 1.54) is 53.9 Å². The SMILES string of the molecule is C=CC(=O)OCOc1ccc(C(=O)OCCc2ccc(OC(=O)c3ccc(OCC(COC(=O)C=C)OC(=O)C=C)cc3)c(/C=N/Nc3nc4ccccc4s3)c2)cc1. The van der Waals surface area contributed by atoms with Gasteiger partial charge in [0, 0.05) is 30.2 Å². The number of nitrogens with one attached hydrogen (secondary N) is 1. The van der Waals surface area contributed by atoms with E-state index in [-0.39, 0.29) is 37.9 Å². The second-order valence-corrected chi connectivity index (χ2v) is 12.9. The van der Waals surface area contributed by atoms with Gasteiger partial charge in [-0.2, -0.15) is 5.10 Å². The lowest BCUT2D eigenvalue weighted by atomic mass is 10.1. The zero-order valence-corrected chi connectivity index (χ0v) is 32.2. The molecule has 1 N–H and O–H groups in total. The molecule has 5 aromatic rings. The standard InChI is InChI=1S/C43H37N3O12S/c1-4-38(47)54-26-34(57-40(49)6-3)25-53-32-16-14-30(15-17-32)42(51)58-36-20-11-28(23-31(36)24-44-46-43-45-35-9-7-8-10-37(35)59-43)21-22-52-41(50)29-12-18-33(19-13-29)55-27-56-39(48)5-2/h4-20,23-24,34H,1-3,21-22,25-27H2,(H,45,46)/b44-24+. The Bertz CT molecular complexity index is 2310. The van der Waals surface area contributed by atoms with Crippen molar-refractivity contribution in [3.05, 3.63) is 151 Å². The van der Waals surface area contributed by atoms with Crippen molar-refractivity contribution in [1.29, 1.82) is 0 Å². The first-order chi connectivity index (χ1) is 28.6. The summed E-state index contributed by atoms with van der Waals surface area (Å²) in [6.07, 6.45) is 3.86. The number of carbonyl (C=O) groups is 5. The van der Waals surface area contributed by atoms with Gasteiger partial charge in [0.1, 0.15) is 30.5 Å². The predicted octanol–water partition coefficient (Wildman–Crippen LogP) is 6.63. The number of ether oxygens (including phenoxy) is 7. The molecule has 1 heterocycles. The van der Waals surface area contributed by atoms with Crippen LogP contribution < -0.4 is 19.6 Å². The van der Waals surface area contributed by atoms with Crippen molar-refractivity contribution in [2.45, 2.75) is 12.5 Å². The summed E-state index contributed by atoms with van der Waals surface area (Å²) in [6, 6.07) is 24.9. The second-order valence-electron chi connectivity index (χ2n) is 11.9. The molecule has 0 aliphatic carbocycles. The Kier molecular flexibility index (Phi) is 15.6. The maximum absolute atomic E-state index is 13.3. The summed E-state index contributed by atoms with van der Waals surface area (Å²) in [7, 11) is 0. The molecule has 0 saturated heterocycles. The fourth-order valence-corrected chi connectivity index (χ4v) is 5.68. The number of hydrogen-bond acceptors (Lipinski definition) is 16. The van der Waals surface area contributed by atoms with Crippen molar-refractivity contribution in [2.24, 2.45) is 5.10 Å². The van der Waals surface area contributed by atoms with Gasteiger partial charge in [0.25, 0.3) is 0 Å². The lowest BCUT2D eigenvalue weighted by Crippen LogP contribution is -2.30. The third-order valence-electron chi connectivity index (χ3n) is 7.80. The summed E-state index contributed by atoms with van der Waals surface area (Å²) in [5, 5.41) is 4.90. The quantitative estimate of drug-likeness (QED) is 0.0158. The van der Waals surface area contributed by atoms with E-state index >= 15 is 0 Å². The van der Waals surface area contributed by atoms with Crippen molar-refractivity contribution >= 4 is 62.7 Å². The average molecular weight is 820 g/mol. The van der Waals surface area contributed by atoms with Crippen molar-refractivity contribution < 1.29 is 57.1 Å². The number of benzene rings is 4. The van der Waals surface area contributed by atoms with E-state index in [2.05, 4.69) is 35.2 Å². The fraction of sp³-hybridized carbons (Fsp3) is 0.140. The van der Waals surface area contributed by atoms with Crippen LogP contribution in [-0.2, 0) is 39.8 Å². The number of anilines is 1. The van der Waals surface area contributed by atoms with Crippen molar-refractivity contribution in [3.8, 4) is 17.2 Å². The van der Waals surface area contributed by atoms with Crippen LogP contribution in [0.2, 0.25) is 0 Å². The van der Waals surface area contributed by atoms with Gasteiger partial charge < -0.3 is 33.2 Å². The zero-order chi connectivity index (χ0) is 42.0. The smallest absolute Gasteiger partial charge is 0.343 e. The highest BCUT2D eigenvalue weighted by Crippen LogP contribution is 2.26. The number of hydrazone groups is 1. The Morgan fingerprint density at radius 2 is 1.39 bits per heavy atom. The van der Waals surface area contributed by atoms with Crippen LogP contribution in [0.25, 0.3) is 10.2 Å². The zero-order valence-electron chi connectivity index (χ0n) is 31.4. The van der Waals surface area contributed by atoms with Gasteiger partial charge in [-0.1, -0.05) is 49.3 Å². The summed E-state index contributed by atoms with van der Waals surface area (Å²) >= 11 is 1.42. The number of thiazole rings is 1. The maximum Gasteiger partial charge on any atom is 0.343 e. The molecule has 0 saturated carbocycles. The van der Waals surface area contributed by atoms with E-state index in [0.717, 1.165) is 34.0 Å². The molecule has 0 aliphatic heterocycles. The molecule has 59 heavy (non-hydrogen) atoms. The molecule has 0 bridgehead atoms. The van der Waals surface area contributed by atoms with E-state index < -0.39 is 36.0 Å². The number of nitrogens with zero attached hydrogens (tertiary/aromatic N) is 2. The van der Waals surface area contributed by atoms with Gasteiger partial charge in [-0.15, -0.1) is 0 Å². The van der Waals surface area contributed by atoms with Gasteiger partial charge in [0.05, 0.1) is 34.2 Å². The Labute approximate surface area is 342 Å². The first kappa shape index (κ1) is 42.6. The van der Waals surface area contributed by atoms with Gasteiger partial charge in [-0.3, -0.25) is 5.43 Å². The average Bonchev–Trinajstić information content (AvgIpc) is 3.68. The van der Waals surface area contributed by atoms with Crippen molar-refractivity contribution in [2.75, 3.05) is 32.0 Å². The molecular formula is C43H37N3O12S. The molecule has 1 aromatic heterocycles. The molecule has 0 radical (unpaired) electrons. The van der Waals surface area contributed by atoms with Gasteiger partial charge in [-0.05, 0) is 78.4 Å². The predicted molar refractivity (Wildman–Crippen MR) is 218 cm³/mol. The molecule has 0 spiro atoms. The van der Waals surface area contributed by atoms with Crippen molar-refractivity contribution in [3.63, 3.8) is 0 Å². The number of hydrogen-bond donors (Lipinski definition) is 1. The monoisotopic (exact) mass is 819 g/mol. The first-order valence-corrected chi connectivity index (χ1v) is 18.5. The summed E-state index contributed by atoms with van der Waals surface area (Å²) in [4.78, 5) is 64.9. The van der Waals surface area contributed by atoms with E-state index in [1.54, 1.807) is 30.3 Å². The molecule has 0 fully saturated rings. The van der Waals surface area contributed by atoms with E-state index in [9.17, 15) is 24.0 Å². The van der Waals surface area contributed by atoms with Crippen LogP contribution in [-0.4, -0.2) is 73.8 Å². The molecule has 4 aromatic carbocycles. The highest BCUT2D eigenvalue weighted by Gasteiger charge is 2.18. The van der Waals surface area contributed by atoms with Crippen LogP contribution in [0, 0.1) is 0 Å². The molecule has 0 aliphatic rings. The molecule has 5 rings (SSSR count). The Morgan fingerprint density at radius 1 is 0.729 bits per heavy atom. The summed E-state index contributed by atoms with van der Waals surface area (Å²) in [6.45, 7) is 9.30. The number of aromatic nitrogens is 1. The van der Waals surface area contributed by atoms with Gasteiger partial charge in [0.2, 0.25) is 11.9 Å². The Morgan fingerprint density at radius 3 is 2.08 bits per heavy atom.